The van der Waals surface area contributed by atoms with Crippen molar-refractivity contribution >= 4 is 5.57 Å². The Kier molecular flexibility index (Phi) is 5.11. The molecule has 0 aromatic heterocycles. The molecule has 20 heavy (non-hydrogen) atoms. The number of allylic oxidation sites excluding steroid dienone is 4. The normalized spacial score (nSPS) is 22.1. The predicted octanol–water partition coefficient (Wildman–Crippen LogP) is 5.86. The summed E-state index contributed by atoms with van der Waals surface area (Å²) in [7, 11) is 0. The highest BCUT2D eigenvalue weighted by Crippen LogP contribution is 2.42. The maximum Gasteiger partial charge on any atom is 0.247 e. The van der Waals surface area contributed by atoms with Gasteiger partial charge in [0.2, 0.25) is 6.43 Å². The molecule has 0 aliphatic heterocycles. The zero-order valence-corrected chi connectivity index (χ0v) is 12.0. The van der Waals surface area contributed by atoms with Gasteiger partial charge < -0.3 is 0 Å². The summed E-state index contributed by atoms with van der Waals surface area (Å²) in [5.74, 6) is 0. The molecule has 1 aliphatic carbocycles. The molecule has 1 aromatic rings. The van der Waals surface area contributed by atoms with Crippen molar-refractivity contribution in [2.24, 2.45) is 5.41 Å². The molecule has 1 aromatic carbocycles. The highest BCUT2D eigenvalue weighted by Gasteiger charge is 2.37. The van der Waals surface area contributed by atoms with Crippen molar-refractivity contribution in [2.75, 3.05) is 0 Å². The van der Waals surface area contributed by atoms with Gasteiger partial charge in [-0.2, -0.15) is 0 Å². The third-order valence-electron chi connectivity index (χ3n) is 4.08. The van der Waals surface area contributed by atoms with E-state index >= 15 is 0 Å². The molecule has 0 saturated carbocycles. The molecule has 1 aliphatic rings. The lowest BCUT2D eigenvalue weighted by Gasteiger charge is -2.31. The zero-order chi connectivity index (χ0) is 14.4. The van der Waals surface area contributed by atoms with Crippen LogP contribution in [-0.2, 0) is 0 Å². The molecule has 0 fully saturated rings. The largest absolute Gasteiger partial charge is 0.247 e. The van der Waals surface area contributed by atoms with Crippen LogP contribution in [0.4, 0.5) is 8.78 Å². The first kappa shape index (κ1) is 15.0. The fourth-order valence-electron chi connectivity index (χ4n) is 2.70. The van der Waals surface area contributed by atoms with Crippen molar-refractivity contribution in [3.8, 4) is 0 Å². The maximum absolute atomic E-state index is 13.5. The van der Waals surface area contributed by atoms with Gasteiger partial charge in [-0.15, -0.1) is 0 Å². The Morgan fingerprint density at radius 2 is 1.90 bits per heavy atom. The molecule has 0 radical (unpaired) electrons. The van der Waals surface area contributed by atoms with Gasteiger partial charge in [0.1, 0.15) is 0 Å². The first-order valence-corrected chi connectivity index (χ1v) is 7.41. The van der Waals surface area contributed by atoms with Crippen LogP contribution in [-0.4, -0.2) is 6.43 Å². The van der Waals surface area contributed by atoms with Gasteiger partial charge in [-0.1, -0.05) is 74.7 Å². The minimum Gasteiger partial charge on any atom is -0.210 e. The van der Waals surface area contributed by atoms with Crippen LogP contribution >= 0.6 is 0 Å². The van der Waals surface area contributed by atoms with Gasteiger partial charge in [0, 0.05) is 0 Å². The lowest BCUT2D eigenvalue weighted by atomic mass is 9.75. The Bertz CT molecular complexity index is 473. The molecule has 0 saturated heterocycles. The third-order valence-corrected chi connectivity index (χ3v) is 4.08. The van der Waals surface area contributed by atoms with Gasteiger partial charge in [0.15, 0.2) is 0 Å². The SMILES string of the molecule is CCCCCC1(C(F)F)C=CC(c2ccccc2)=CC1. The molecule has 1 unspecified atom stereocenters. The third kappa shape index (κ3) is 3.36. The summed E-state index contributed by atoms with van der Waals surface area (Å²) in [5.41, 5.74) is 1.20. The number of hydrogen-bond donors (Lipinski definition) is 0. The van der Waals surface area contributed by atoms with Gasteiger partial charge in [-0.25, -0.2) is 8.78 Å². The average molecular weight is 276 g/mol. The van der Waals surface area contributed by atoms with Gasteiger partial charge in [0.25, 0.3) is 0 Å². The van der Waals surface area contributed by atoms with Crippen molar-refractivity contribution in [3.63, 3.8) is 0 Å². The molecule has 108 valence electrons. The summed E-state index contributed by atoms with van der Waals surface area (Å²) in [6.45, 7) is 2.10. The maximum atomic E-state index is 13.5. The molecule has 0 amide bonds. The van der Waals surface area contributed by atoms with Gasteiger partial charge in [-0.3, -0.25) is 0 Å². The zero-order valence-electron chi connectivity index (χ0n) is 12.0. The number of halogens is 2. The van der Waals surface area contributed by atoms with Crippen LogP contribution in [0.5, 0.6) is 0 Å². The van der Waals surface area contributed by atoms with E-state index in [1.807, 2.05) is 42.5 Å². The smallest absolute Gasteiger partial charge is 0.210 e. The number of benzene rings is 1. The minimum atomic E-state index is -2.29. The van der Waals surface area contributed by atoms with Crippen LogP contribution in [0, 0.1) is 5.41 Å². The first-order chi connectivity index (χ1) is 9.68. The lowest BCUT2D eigenvalue weighted by molar-refractivity contribution is 0.0214. The number of rotatable bonds is 6. The van der Waals surface area contributed by atoms with E-state index in [9.17, 15) is 8.78 Å². The van der Waals surface area contributed by atoms with Crippen LogP contribution in [0.2, 0.25) is 0 Å². The number of unbranched alkanes of at least 4 members (excludes halogenated alkanes) is 2. The van der Waals surface area contributed by atoms with Crippen molar-refractivity contribution in [2.45, 2.75) is 45.5 Å². The second kappa shape index (κ2) is 6.83. The first-order valence-electron chi connectivity index (χ1n) is 7.41. The minimum absolute atomic E-state index is 0.440. The highest BCUT2D eigenvalue weighted by molar-refractivity contribution is 5.75. The molecule has 0 bridgehead atoms. The van der Waals surface area contributed by atoms with E-state index in [1.165, 1.54) is 0 Å². The van der Waals surface area contributed by atoms with Crippen LogP contribution in [0.25, 0.3) is 5.57 Å². The Hall–Kier alpha value is -1.44. The summed E-state index contributed by atoms with van der Waals surface area (Å²) in [5, 5.41) is 0. The fraction of sp³-hybridized carbons (Fsp3) is 0.444. The van der Waals surface area contributed by atoms with Crippen molar-refractivity contribution in [1.82, 2.24) is 0 Å². The summed E-state index contributed by atoms with van der Waals surface area (Å²) in [6.07, 6.45) is 7.28. The van der Waals surface area contributed by atoms with E-state index in [1.54, 1.807) is 6.08 Å². The summed E-state index contributed by atoms with van der Waals surface area (Å²) < 4.78 is 26.9. The second-order valence-corrected chi connectivity index (χ2v) is 5.55. The lowest BCUT2D eigenvalue weighted by Crippen LogP contribution is -2.28. The van der Waals surface area contributed by atoms with E-state index in [0.717, 1.165) is 30.4 Å². The van der Waals surface area contributed by atoms with Crippen LogP contribution in [0.1, 0.15) is 44.6 Å². The molecule has 0 heterocycles. The molecule has 0 spiro atoms. The molecule has 1 atom stereocenters. The average Bonchev–Trinajstić information content (AvgIpc) is 2.49. The van der Waals surface area contributed by atoms with E-state index in [4.69, 9.17) is 0 Å². The molecule has 0 N–H and O–H groups in total. The van der Waals surface area contributed by atoms with E-state index < -0.39 is 11.8 Å². The molecular weight excluding hydrogens is 254 g/mol. The van der Waals surface area contributed by atoms with E-state index in [0.29, 0.717) is 12.8 Å². The van der Waals surface area contributed by atoms with Crippen LogP contribution in [0.15, 0.2) is 48.6 Å². The van der Waals surface area contributed by atoms with Gasteiger partial charge in [0.05, 0.1) is 5.41 Å². The van der Waals surface area contributed by atoms with Crippen LogP contribution in [0.3, 0.4) is 0 Å². The quantitative estimate of drug-likeness (QED) is 0.571. The summed E-state index contributed by atoms with van der Waals surface area (Å²) in [6, 6.07) is 9.94. The molecule has 2 rings (SSSR count). The molecule has 2 heteroatoms. The Balaban J connectivity index is 2.10. The number of alkyl halides is 2. The molecular formula is C18H22F2. The van der Waals surface area contributed by atoms with E-state index in [2.05, 4.69) is 6.92 Å². The Morgan fingerprint density at radius 3 is 2.45 bits per heavy atom. The fourth-order valence-corrected chi connectivity index (χ4v) is 2.70. The Labute approximate surface area is 120 Å². The predicted molar refractivity (Wildman–Crippen MR) is 80.8 cm³/mol. The highest BCUT2D eigenvalue weighted by atomic mass is 19.3. The van der Waals surface area contributed by atoms with Crippen LogP contribution < -0.4 is 0 Å². The van der Waals surface area contributed by atoms with Crippen molar-refractivity contribution < 1.29 is 8.78 Å². The van der Waals surface area contributed by atoms with E-state index in [-0.39, 0.29) is 0 Å². The van der Waals surface area contributed by atoms with Crippen molar-refractivity contribution in [1.29, 1.82) is 0 Å². The summed E-state index contributed by atoms with van der Waals surface area (Å²) >= 11 is 0. The van der Waals surface area contributed by atoms with Gasteiger partial charge in [-0.05, 0) is 24.0 Å². The molecule has 0 nitrogen and oxygen atoms in total. The topological polar surface area (TPSA) is 0 Å². The second-order valence-electron chi connectivity index (χ2n) is 5.55. The van der Waals surface area contributed by atoms with Crippen molar-refractivity contribution in [3.05, 3.63) is 54.1 Å². The number of hydrogen-bond acceptors (Lipinski definition) is 0. The monoisotopic (exact) mass is 276 g/mol. The summed E-state index contributed by atoms with van der Waals surface area (Å²) in [4.78, 5) is 0. The van der Waals surface area contributed by atoms with Gasteiger partial charge >= 0.3 is 0 Å². The standard InChI is InChI=1S/C18H22F2/c1-2-3-7-12-18(17(19)20)13-10-16(11-14-18)15-8-5-4-6-9-15/h4-6,8-11,13,17H,2-3,7,12,14H2,1H3. The Morgan fingerprint density at radius 1 is 1.15 bits per heavy atom.